The molecule has 1 aliphatic rings. The van der Waals surface area contributed by atoms with Crippen LogP contribution in [0.15, 0.2) is 12.3 Å². The van der Waals surface area contributed by atoms with Crippen LogP contribution in [0.3, 0.4) is 0 Å². The van der Waals surface area contributed by atoms with Crippen LogP contribution in [0.1, 0.15) is 55.8 Å². The van der Waals surface area contributed by atoms with Crippen molar-refractivity contribution in [1.82, 2.24) is 19.8 Å². The maximum Gasteiger partial charge on any atom is 0.272 e. The molecule has 1 aromatic rings. The van der Waals surface area contributed by atoms with Crippen molar-refractivity contribution in [2.24, 2.45) is 5.92 Å². The van der Waals surface area contributed by atoms with E-state index in [1.165, 1.54) is 25.9 Å². The quantitative estimate of drug-likeness (QED) is 0.810. The average Bonchev–Trinajstić information content (AvgIpc) is 2.99. The molecule has 1 saturated heterocycles. The van der Waals surface area contributed by atoms with Crippen LogP contribution < -0.4 is 0 Å². The van der Waals surface area contributed by atoms with Crippen LogP contribution in [-0.2, 0) is 0 Å². The second kappa shape index (κ2) is 7.68. The number of amides is 1. The Morgan fingerprint density at radius 1 is 1.32 bits per heavy atom. The molecule has 0 unspecified atom stereocenters. The zero-order valence-electron chi connectivity index (χ0n) is 14.2. The molecule has 122 valence electrons. The summed E-state index contributed by atoms with van der Waals surface area (Å²) in [7, 11) is 1.86. The van der Waals surface area contributed by atoms with Gasteiger partial charge < -0.3 is 9.80 Å². The van der Waals surface area contributed by atoms with Crippen LogP contribution in [0.4, 0.5) is 0 Å². The minimum atomic E-state index is -0.0161. The van der Waals surface area contributed by atoms with Gasteiger partial charge in [0.25, 0.3) is 5.91 Å². The molecule has 0 aliphatic carbocycles. The summed E-state index contributed by atoms with van der Waals surface area (Å²) < 4.78 is 0. The van der Waals surface area contributed by atoms with Crippen LogP contribution >= 0.6 is 0 Å². The predicted octanol–water partition coefficient (Wildman–Crippen LogP) is 2.40. The minimum Gasteiger partial charge on any atom is -0.340 e. The van der Waals surface area contributed by atoms with Crippen molar-refractivity contribution >= 4 is 5.91 Å². The first kappa shape index (κ1) is 16.9. The molecule has 2 rings (SSSR count). The van der Waals surface area contributed by atoms with Crippen molar-refractivity contribution in [3.8, 4) is 0 Å². The third-order valence-electron chi connectivity index (χ3n) is 4.11. The maximum absolute atomic E-state index is 12.5. The monoisotopic (exact) mass is 304 g/mol. The van der Waals surface area contributed by atoms with Crippen LogP contribution in [0.25, 0.3) is 0 Å². The van der Waals surface area contributed by atoms with Gasteiger partial charge in [-0.2, -0.15) is 0 Å². The van der Waals surface area contributed by atoms with Crippen LogP contribution in [-0.4, -0.2) is 58.9 Å². The Labute approximate surface area is 133 Å². The molecule has 0 bridgehead atoms. The zero-order chi connectivity index (χ0) is 16.1. The van der Waals surface area contributed by atoms with Gasteiger partial charge in [0.1, 0.15) is 11.5 Å². The van der Waals surface area contributed by atoms with Crippen molar-refractivity contribution in [1.29, 1.82) is 0 Å². The molecule has 1 atom stereocenters. The van der Waals surface area contributed by atoms with E-state index < -0.39 is 0 Å². The van der Waals surface area contributed by atoms with E-state index in [2.05, 4.69) is 21.8 Å². The lowest BCUT2D eigenvalue weighted by Gasteiger charge is -2.25. The number of nitrogens with zero attached hydrogens (tertiary/aromatic N) is 4. The van der Waals surface area contributed by atoms with Gasteiger partial charge in [-0.3, -0.25) is 4.79 Å². The van der Waals surface area contributed by atoms with Crippen molar-refractivity contribution in [2.45, 2.75) is 39.5 Å². The number of carbonyl (C=O) groups excluding carboxylic acids is 1. The zero-order valence-corrected chi connectivity index (χ0v) is 14.2. The fourth-order valence-corrected chi connectivity index (χ4v) is 2.98. The first-order valence-electron chi connectivity index (χ1n) is 8.28. The minimum absolute atomic E-state index is 0.0161. The predicted molar refractivity (Wildman–Crippen MR) is 87.9 cm³/mol. The standard InChI is InChI=1S/C17H28N4O/c1-13(2)16-18-8-7-15(19-16)17(22)20(4)11-14(3)12-21-9-5-6-10-21/h7-8,13-14H,5-6,9-12H2,1-4H3/t14-/m0/s1. The summed E-state index contributed by atoms with van der Waals surface area (Å²) in [5.74, 6) is 1.41. The van der Waals surface area contributed by atoms with E-state index in [0.29, 0.717) is 11.6 Å². The summed E-state index contributed by atoms with van der Waals surface area (Å²) in [4.78, 5) is 25.4. The lowest BCUT2D eigenvalue weighted by molar-refractivity contribution is 0.0760. The molecular formula is C17H28N4O. The van der Waals surface area contributed by atoms with E-state index in [-0.39, 0.29) is 11.8 Å². The summed E-state index contributed by atoms with van der Waals surface area (Å²) in [6.07, 6.45) is 4.29. The van der Waals surface area contributed by atoms with Gasteiger partial charge in [0.15, 0.2) is 0 Å². The van der Waals surface area contributed by atoms with E-state index in [4.69, 9.17) is 0 Å². The van der Waals surface area contributed by atoms with Gasteiger partial charge in [0.05, 0.1) is 0 Å². The topological polar surface area (TPSA) is 49.3 Å². The van der Waals surface area contributed by atoms with Crippen LogP contribution in [0.5, 0.6) is 0 Å². The Morgan fingerprint density at radius 2 is 2.00 bits per heavy atom. The normalized spacial score (nSPS) is 17.0. The van der Waals surface area contributed by atoms with Crippen molar-refractivity contribution in [2.75, 3.05) is 33.2 Å². The highest BCUT2D eigenvalue weighted by Gasteiger charge is 2.19. The number of carbonyl (C=O) groups is 1. The third kappa shape index (κ3) is 4.50. The third-order valence-corrected chi connectivity index (χ3v) is 4.11. The highest BCUT2D eigenvalue weighted by atomic mass is 16.2. The van der Waals surface area contributed by atoms with Gasteiger partial charge in [0.2, 0.25) is 0 Å². The van der Waals surface area contributed by atoms with E-state index in [1.54, 1.807) is 17.2 Å². The Balaban J connectivity index is 1.92. The Kier molecular flexibility index (Phi) is 5.89. The van der Waals surface area contributed by atoms with Gasteiger partial charge in [-0.25, -0.2) is 9.97 Å². The van der Waals surface area contributed by atoms with Gasteiger partial charge in [0, 0.05) is 32.3 Å². The molecule has 0 aromatic carbocycles. The fraction of sp³-hybridized carbons (Fsp3) is 0.706. The molecule has 0 spiro atoms. The summed E-state index contributed by atoms with van der Waals surface area (Å²) in [6, 6.07) is 1.70. The summed E-state index contributed by atoms with van der Waals surface area (Å²) in [5, 5.41) is 0. The first-order chi connectivity index (χ1) is 10.5. The Bertz CT molecular complexity index is 497. The van der Waals surface area contributed by atoms with Gasteiger partial charge in [-0.15, -0.1) is 0 Å². The van der Waals surface area contributed by atoms with Gasteiger partial charge in [-0.1, -0.05) is 20.8 Å². The first-order valence-corrected chi connectivity index (χ1v) is 8.28. The molecule has 1 fully saturated rings. The average molecular weight is 304 g/mol. The second-order valence-corrected chi connectivity index (χ2v) is 6.75. The Hall–Kier alpha value is -1.49. The lowest BCUT2D eigenvalue weighted by atomic mass is 10.1. The number of rotatable bonds is 6. The van der Waals surface area contributed by atoms with Crippen LogP contribution in [0, 0.1) is 5.92 Å². The smallest absolute Gasteiger partial charge is 0.272 e. The largest absolute Gasteiger partial charge is 0.340 e. The summed E-state index contributed by atoms with van der Waals surface area (Å²) >= 11 is 0. The van der Waals surface area contributed by atoms with Crippen LogP contribution in [0.2, 0.25) is 0 Å². The summed E-state index contributed by atoms with van der Waals surface area (Å²) in [5.41, 5.74) is 0.495. The van der Waals surface area contributed by atoms with Crippen molar-refractivity contribution in [3.05, 3.63) is 23.8 Å². The second-order valence-electron chi connectivity index (χ2n) is 6.75. The fourth-order valence-electron chi connectivity index (χ4n) is 2.98. The molecule has 5 heteroatoms. The van der Waals surface area contributed by atoms with E-state index in [1.807, 2.05) is 20.9 Å². The van der Waals surface area contributed by atoms with E-state index in [0.717, 1.165) is 18.9 Å². The number of likely N-dealkylation sites (tertiary alicyclic amines) is 1. The number of hydrogen-bond donors (Lipinski definition) is 0. The van der Waals surface area contributed by atoms with E-state index in [9.17, 15) is 4.79 Å². The lowest BCUT2D eigenvalue weighted by Crippen LogP contribution is -2.36. The molecule has 1 amide bonds. The highest BCUT2D eigenvalue weighted by Crippen LogP contribution is 2.13. The molecule has 2 heterocycles. The number of aromatic nitrogens is 2. The van der Waals surface area contributed by atoms with Gasteiger partial charge in [-0.05, 0) is 37.9 Å². The molecule has 1 aromatic heterocycles. The molecular weight excluding hydrogens is 276 g/mol. The molecule has 22 heavy (non-hydrogen) atoms. The van der Waals surface area contributed by atoms with Crippen molar-refractivity contribution < 1.29 is 4.79 Å². The Morgan fingerprint density at radius 3 is 2.64 bits per heavy atom. The molecule has 0 radical (unpaired) electrons. The summed E-state index contributed by atoms with van der Waals surface area (Å²) in [6.45, 7) is 10.5. The van der Waals surface area contributed by atoms with Gasteiger partial charge >= 0.3 is 0 Å². The molecule has 0 N–H and O–H groups in total. The maximum atomic E-state index is 12.5. The SMILES string of the molecule is CC(C)c1nccc(C(=O)N(C)C[C@H](C)CN2CCCC2)n1. The highest BCUT2D eigenvalue weighted by molar-refractivity contribution is 5.92. The molecule has 5 nitrogen and oxygen atoms in total. The van der Waals surface area contributed by atoms with E-state index >= 15 is 0 Å². The number of hydrogen-bond acceptors (Lipinski definition) is 4. The molecule has 1 aliphatic heterocycles. The molecule has 0 saturated carbocycles. The van der Waals surface area contributed by atoms with Crippen molar-refractivity contribution in [3.63, 3.8) is 0 Å².